The van der Waals surface area contributed by atoms with Gasteiger partial charge in [0, 0.05) is 40.9 Å². The monoisotopic (exact) mass is 397 g/mol. The summed E-state index contributed by atoms with van der Waals surface area (Å²) in [6, 6.07) is 15.4. The van der Waals surface area contributed by atoms with E-state index in [9.17, 15) is 5.11 Å². The quantitative estimate of drug-likeness (QED) is 0.431. The fourth-order valence-corrected chi connectivity index (χ4v) is 3.60. The average Bonchev–Trinajstić information content (AvgIpc) is 2.69. The first-order valence-electron chi connectivity index (χ1n) is 9.94. The molecule has 3 aromatic rings. The van der Waals surface area contributed by atoms with Crippen LogP contribution in [0, 0.1) is 0 Å². The number of para-hydroxylation sites is 1. The van der Waals surface area contributed by atoms with Crippen molar-refractivity contribution in [2.24, 2.45) is 0 Å². The van der Waals surface area contributed by atoms with Gasteiger partial charge in [-0.1, -0.05) is 36.7 Å². The number of nitrogens with one attached hydrogen (secondary N) is 1. The molecule has 1 aromatic heterocycles. The number of rotatable bonds is 10. The lowest BCUT2D eigenvalue weighted by atomic mass is 10.1. The van der Waals surface area contributed by atoms with Gasteiger partial charge in [-0.2, -0.15) is 0 Å². The molecule has 0 saturated carbocycles. The first-order valence-corrected chi connectivity index (χ1v) is 10.3. The Morgan fingerprint density at radius 2 is 1.93 bits per heavy atom. The van der Waals surface area contributed by atoms with E-state index in [2.05, 4.69) is 22.1 Å². The molecule has 148 valence electrons. The highest BCUT2D eigenvalue weighted by molar-refractivity contribution is 6.31. The van der Waals surface area contributed by atoms with Gasteiger partial charge < -0.3 is 10.4 Å². The number of nitrogens with zero attached hydrogens (tertiary/aromatic N) is 2. The van der Waals surface area contributed by atoms with Gasteiger partial charge in [-0.25, -0.2) is 0 Å². The number of fused-ring (bicyclic) bond motifs is 1. The number of hydrogen-bond donors (Lipinski definition) is 2. The van der Waals surface area contributed by atoms with Crippen molar-refractivity contribution in [2.45, 2.75) is 32.7 Å². The van der Waals surface area contributed by atoms with Crippen LogP contribution in [0.3, 0.4) is 0 Å². The van der Waals surface area contributed by atoms with Crippen molar-refractivity contribution in [2.75, 3.05) is 25.0 Å². The van der Waals surface area contributed by atoms with Crippen molar-refractivity contribution in [1.29, 1.82) is 0 Å². The van der Waals surface area contributed by atoms with E-state index in [0.29, 0.717) is 10.8 Å². The molecule has 3 rings (SSSR count). The normalized spacial score (nSPS) is 11.2. The number of phenolic OH excluding ortho intramolecular Hbond substituents is 1. The van der Waals surface area contributed by atoms with Gasteiger partial charge in [0.05, 0.1) is 5.52 Å². The molecule has 4 nitrogen and oxygen atoms in total. The number of anilines is 1. The standard InChI is InChI=1S/C23H28ClN3O/c1-2-14-27(17-18-7-3-4-8-23(18)28)15-6-5-12-25-21-11-13-26-22-16-19(24)9-10-20(21)22/h3-4,7-11,13,16,28H,2,5-6,12,14-15,17H2,1H3,(H,25,26). The first-order chi connectivity index (χ1) is 13.7. The van der Waals surface area contributed by atoms with E-state index in [-0.39, 0.29) is 0 Å². The van der Waals surface area contributed by atoms with Crippen LogP contribution < -0.4 is 5.32 Å². The van der Waals surface area contributed by atoms with Crippen molar-refractivity contribution in [3.8, 4) is 5.75 Å². The summed E-state index contributed by atoms with van der Waals surface area (Å²) in [6.07, 6.45) is 5.11. The molecule has 0 aliphatic carbocycles. The predicted octanol–water partition coefficient (Wildman–Crippen LogP) is 5.70. The lowest BCUT2D eigenvalue weighted by Gasteiger charge is -2.22. The Morgan fingerprint density at radius 3 is 2.75 bits per heavy atom. The van der Waals surface area contributed by atoms with E-state index in [1.807, 2.05) is 48.7 Å². The Labute approximate surface area is 172 Å². The third kappa shape index (κ3) is 5.60. The molecule has 0 amide bonds. The molecule has 0 aliphatic rings. The van der Waals surface area contributed by atoms with Gasteiger partial charge in [0.1, 0.15) is 5.75 Å². The summed E-state index contributed by atoms with van der Waals surface area (Å²) in [5, 5.41) is 15.3. The maximum atomic E-state index is 10.0. The van der Waals surface area contributed by atoms with Crippen LogP contribution in [0.15, 0.2) is 54.7 Å². The number of halogens is 1. The van der Waals surface area contributed by atoms with E-state index < -0.39 is 0 Å². The SMILES string of the molecule is CCCN(CCCCNc1ccnc2cc(Cl)ccc12)Cc1ccccc1O. The zero-order valence-electron chi connectivity index (χ0n) is 16.4. The molecule has 0 spiro atoms. The van der Waals surface area contributed by atoms with Crippen molar-refractivity contribution in [3.63, 3.8) is 0 Å². The molecule has 0 fully saturated rings. The maximum Gasteiger partial charge on any atom is 0.120 e. The van der Waals surface area contributed by atoms with Gasteiger partial charge in [-0.05, 0) is 62.7 Å². The minimum Gasteiger partial charge on any atom is -0.508 e. The zero-order valence-corrected chi connectivity index (χ0v) is 17.1. The predicted molar refractivity (Wildman–Crippen MR) is 118 cm³/mol. The smallest absolute Gasteiger partial charge is 0.120 e. The fourth-order valence-electron chi connectivity index (χ4n) is 3.43. The lowest BCUT2D eigenvalue weighted by Crippen LogP contribution is -2.25. The topological polar surface area (TPSA) is 48.4 Å². The molecule has 2 aromatic carbocycles. The largest absolute Gasteiger partial charge is 0.508 e. The highest BCUT2D eigenvalue weighted by atomic mass is 35.5. The summed E-state index contributed by atoms with van der Waals surface area (Å²) >= 11 is 6.06. The molecular formula is C23H28ClN3O. The minimum absolute atomic E-state index is 0.384. The molecule has 28 heavy (non-hydrogen) atoms. The van der Waals surface area contributed by atoms with Gasteiger partial charge >= 0.3 is 0 Å². The summed E-state index contributed by atoms with van der Waals surface area (Å²) in [5.74, 6) is 0.384. The third-order valence-electron chi connectivity index (χ3n) is 4.85. The number of pyridine rings is 1. The van der Waals surface area contributed by atoms with Crippen molar-refractivity contribution in [3.05, 3.63) is 65.3 Å². The van der Waals surface area contributed by atoms with Crippen molar-refractivity contribution < 1.29 is 5.11 Å². The summed E-state index contributed by atoms with van der Waals surface area (Å²) in [5.41, 5.74) is 3.01. The maximum absolute atomic E-state index is 10.0. The second-order valence-corrected chi connectivity index (χ2v) is 7.50. The van der Waals surface area contributed by atoms with E-state index in [1.165, 1.54) is 0 Å². The Hall–Kier alpha value is -2.30. The van der Waals surface area contributed by atoms with Crippen LogP contribution in [-0.4, -0.2) is 34.6 Å². The molecule has 0 saturated heterocycles. The van der Waals surface area contributed by atoms with Crippen LogP contribution in [0.4, 0.5) is 5.69 Å². The second-order valence-electron chi connectivity index (χ2n) is 7.06. The second kappa shape index (κ2) is 10.3. The summed E-state index contributed by atoms with van der Waals surface area (Å²) < 4.78 is 0. The van der Waals surface area contributed by atoms with E-state index in [1.54, 1.807) is 6.07 Å². The van der Waals surface area contributed by atoms with Crippen LogP contribution in [0.2, 0.25) is 5.02 Å². The number of phenols is 1. The van der Waals surface area contributed by atoms with Crippen molar-refractivity contribution in [1.82, 2.24) is 9.88 Å². The third-order valence-corrected chi connectivity index (χ3v) is 5.08. The van der Waals surface area contributed by atoms with Gasteiger partial charge in [0.2, 0.25) is 0 Å². The molecule has 0 unspecified atom stereocenters. The molecule has 0 atom stereocenters. The average molecular weight is 398 g/mol. The van der Waals surface area contributed by atoms with Crippen LogP contribution in [0.25, 0.3) is 10.9 Å². The molecule has 0 aliphatic heterocycles. The highest BCUT2D eigenvalue weighted by Crippen LogP contribution is 2.24. The Kier molecular flexibility index (Phi) is 7.52. The van der Waals surface area contributed by atoms with E-state index in [4.69, 9.17) is 11.6 Å². The molecule has 2 N–H and O–H groups in total. The molecule has 5 heteroatoms. The van der Waals surface area contributed by atoms with Gasteiger partial charge in [0.15, 0.2) is 0 Å². The van der Waals surface area contributed by atoms with Gasteiger partial charge in [0.25, 0.3) is 0 Å². The lowest BCUT2D eigenvalue weighted by molar-refractivity contribution is 0.257. The molecular weight excluding hydrogens is 370 g/mol. The van der Waals surface area contributed by atoms with Gasteiger partial charge in [-0.3, -0.25) is 9.88 Å². The number of benzene rings is 2. The number of unbranched alkanes of at least 4 members (excludes halogenated alkanes) is 1. The fraction of sp³-hybridized carbons (Fsp3) is 0.348. The highest BCUT2D eigenvalue weighted by Gasteiger charge is 2.08. The Bertz CT molecular complexity index is 900. The van der Waals surface area contributed by atoms with Crippen LogP contribution in [-0.2, 0) is 6.54 Å². The Balaban J connectivity index is 1.48. The minimum atomic E-state index is 0.384. The summed E-state index contributed by atoms with van der Waals surface area (Å²) in [4.78, 5) is 6.80. The summed E-state index contributed by atoms with van der Waals surface area (Å²) in [6.45, 7) is 5.97. The Morgan fingerprint density at radius 1 is 1.07 bits per heavy atom. The molecule has 0 radical (unpaired) electrons. The van der Waals surface area contributed by atoms with Crippen LogP contribution in [0.1, 0.15) is 31.7 Å². The molecule has 1 heterocycles. The van der Waals surface area contributed by atoms with E-state index in [0.717, 1.165) is 67.6 Å². The van der Waals surface area contributed by atoms with Crippen LogP contribution >= 0.6 is 11.6 Å². The van der Waals surface area contributed by atoms with Crippen molar-refractivity contribution >= 4 is 28.2 Å². The number of aromatic nitrogens is 1. The van der Waals surface area contributed by atoms with Crippen LogP contribution in [0.5, 0.6) is 5.75 Å². The number of aromatic hydroxyl groups is 1. The van der Waals surface area contributed by atoms with E-state index >= 15 is 0 Å². The number of hydrogen-bond acceptors (Lipinski definition) is 4. The zero-order chi connectivity index (χ0) is 19.8. The summed E-state index contributed by atoms with van der Waals surface area (Å²) in [7, 11) is 0. The van der Waals surface area contributed by atoms with Gasteiger partial charge in [-0.15, -0.1) is 0 Å². The first kappa shape index (κ1) is 20.4. The molecule has 0 bridgehead atoms.